The summed E-state index contributed by atoms with van der Waals surface area (Å²) in [4.78, 5) is 25.9. The number of fused-ring (bicyclic) bond motifs is 1. The molecule has 0 atom stereocenters. The summed E-state index contributed by atoms with van der Waals surface area (Å²) in [7, 11) is -2.52. The van der Waals surface area contributed by atoms with Gasteiger partial charge in [-0.2, -0.15) is 0 Å². The van der Waals surface area contributed by atoms with Gasteiger partial charge in [0.15, 0.2) is 0 Å². The van der Waals surface area contributed by atoms with E-state index in [4.69, 9.17) is 27.9 Å². The highest BCUT2D eigenvalue weighted by Gasteiger charge is 2.29. The van der Waals surface area contributed by atoms with Gasteiger partial charge in [-0.25, -0.2) is 13.2 Å². The van der Waals surface area contributed by atoms with E-state index in [1.807, 2.05) is 0 Å². The maximum atomic E-state index is 12.7. The van der Waals surface area contributed by atoms with Gasteiger partial charge in [0.05, 0.1) is 24.6 Å². The third-order valence-corrected chi connectivity index (χ3v) is 7.17. The summed E-state index contributed by atoms with van der Waals surface area (Å²) in [5.74, 6) is -1.13. The fraction of sp³-hybridized carbons (Fsp3) is 0.333. The lowest BCUT2D eigenvalue weighted by molar-refractivity contribution is -0.114. The Morgan fingerprint density at radius 2 is 1.86 bits per heavy atom. The van der Waals surface area contributed by atoms with E-state index in [0.29, 0.717) is 10.6 Å². The molecule has 11 heteroatoms. The number of amides is 1. The van der Waals surface area contributed by atoms with Crippen LogP contribution in [0.15, 0.2) is 18.2 Å². The van der Waals surface area contributed by atoms with Crippen molar-refractivity contribution in [1.82, 2.24) is 0 Å². The molecule has 29 heavy (non-hydrogen) atoms. The van der Waals surface area contributed by atoms with Gasteiger partial charge in [-0.05, 0) is 43.0 Å². The Balaban J connectivity index is 1.88. The molecule has 0 radical (unpaired) electrons. The quantitative estimate of drug-likeness (QED) is 0.640. The molecule has 3 rings (SSSR count). The minimum absolute atomic E-state index is 0.169. The molecular weight excluding hydrogens is 459 g/mol. The molecule has 1 heterocycles. The molecule has 0 bridgehead atoms. The van der Waals surface area contributed by atoms with Gasteiger partial charge in [0.1, 0.15) is 11.5 Å². The SMILES string of the molecule is COC(=O)c1c(NC(=O)CN(c2cc(Cl)cc(Cl)c2)S(C)(=O)=O)sc2c1CCC2. The van der Waals surface area contributed by atoms with Crippen LogP contribution in [0.1, 0.15) is 27.2 Å². The van der Waals surface area contributed by atoms with Crippen LogP contribution < -0.4 is 9.62 Å². The largest absolute Gasteiger partial charge is 0.465 e. The van der Waals surface area contributed by atoms with Gasteiger partial charge in [0.2, 0.25) is 15.9 Å². The first-order chi connectivity index (χ1) is 13.6. The molecule has 1 aromatic heterocycles. The van der Waals surface area contributed by atoms with E-state index in [9.17, 15) is 18.0 Å². The molecule has 0 spiro atoms. The molecule has 0 fully saturated rings. The van der Waals surface area contributed by atoms with Crippen LogP contribution in [0.3, 0.4) is 0 Å². The lowest BCUT2D eigenvalue weighted by Gasteiger charge is -2.22. The molecule has 0 aliphatic heterocycles. The van der Waals surface area contributed by atoms with Crippen molar-refractivity contribution in [3.05, 3.63) is 44.2 Å². The first kappa shape index (κ1) is 21.9. The van der Waals surface area contributed by atoms with Gasteiger partial charge >= 0.3 is 5.97 Å². The number of nitrogens with zero attached hydrogens (tertiary/aromatic N) is 1. The number of esters is 1. The first-order valence-corrected chi connectivity index (χ1v) is 12.0. The van der Waals surface area contributed by atoms with E-state index in [1.165, 1.54) is 36.6 Å². The number of ether oxygens (including phenoxy) is 1. The zero-order valence-electron chi connectivity index (χ0n) is 15.6. The van der Waals surface area contributed by atoms with Crippen molar-refractivity contribution in [3.8, 4) is 0 Å². The van der Waals surface area contributed by atoms with E-state index in [-0.39, 0.29) is 15.7 Å². The zero-order chi connectivity index (χ0) is 21.3. The monoisotopic (exact) mass is 476 g/mol. The first-order valence-electron chi connectivity index (χ1n) is 8.56. The highest BCUT2D eigenvalue weighted by molar-refractivity contribution is 7.92. The van der Waals surface area contributed by atoms with E-state index < -0.39 is 28.4 Å². The molecule has 1 aromatic carbocycles. The van der Waals surface area contributed by atoms with Crippen LogP contribution in [-0.2, 0) is 32.4 Å². The van der Waals surface area contributed by atoms with Gasteiger partial charge in [0, 0.05) is 14.9 Å². The molecule has 1 aliphatic rings. The highest BCUT2D eigenvalue weighted by atomic mass is 35.5. The van der Waals surface area contributed by atoms with Crippen LogP contribution in [0.25, 0.3) is 0 Å². The van der Waals surface area contributed by atoms with Crippen LogP contribution in [-0.4, -0.2) is 40.2 Å². The van der Waals surface area contributed by atoms with E-state index in [1.54, 1.807) is 0 Å². The van der Waals surface area contributed by atoms with Crippen LogP contribution in [0.5, 0.6) is 0 Å². The molecule has 7 nitrogen and oxygen atoms in total. The van der Waals surface area contributed by atoms with Crippen molar-refractivity contribution in [1.29, 1.82) is 0 Å². The fourth-order valence-corrected chi connectivity index (χ4v) is 5.84. The minimum Gasteiger partial charge on any atom is -0.465 e. The number of hydrogen-bond donors (Lipinski definition) is 1. The van der Waals surface area contributed by atoms with E-state index in [2.05, 4.69) is 5.32 Å². The Kier molecular flexibility index (Phi) is 6.42. The van der Waals surface area contributed by atoms with Gasteiger partial charge in [0.25, 0.3) is 0 Å². The van der Waals surface area contributed by atoms with Crippen molar-refractivity contribution >= 4 is 67.1 Å². The van der Waals surface area contributed by atoms with Crippen LogP contribution in [0, 0.1) is 0 Å². The average molecular weight is 477 g/mol. The average Bonchev–Trinajstić information content (AvgIpc) is 3.17. The van der Waals surface area contributed by atoms with E-state index >= 15 is 0 Å². The van der Waals surface area contributed by atoms with Gasteiger partial charge in [-0.1, -0.05) is 23.2 Å². The number of benzene rings is 1. The van der Waals surface area contributed by atoms with Gasteiger partial charge in [-0.3, -0.25) is 9.10 Å². The summed E-state index contributed by atoms with van der Waals surface area (Å²) in [5.41, 5.74) is 1.40. The number of carbonyl (C=O) groups excluding carboxylic acids is 2. The van der Waals surface area contributed by atoms with E-state index in [0.717, 1.165) is 40.3 Å². The predicted molar refractivity (Wildman–Crippen MR) is 115 cm³/mol. The predicted octanol–water partition coefficient (Wildman–Crippen LogP) is 3.73. The lowest BCUT2D eigenvalue weighted by Crippen LogP contribution is -2.37. The Hall–Kier alpha value is -1.81. The number of nitrogens with one attached hydrogen (secondary N) is 1. The Labute approximate surface area is 182 Å². The zero-order valence-corrected chi connectivity index (χ0v) is 18.8. The van der Waals surface area contributed by atoms with Gasteiger partial charge < -0.3 is 10.1 Å². The molecular formula is C18H18Cl2N2O5S2. The molecule has 1 amide bonds. The number of hydrogen-bond acceptors (Lipinski definition) is 6. The van der Waals surface area contributed by atoms with Gasteiger partial charge in [-0.15, -0.1) is 11.3 Å². The van der Waals surface area contributed by atoms with Crippen molar-refractivity contribution in [2.24, 2.45) is 0 Å². The second-order valence-corrected chi connectivity index (χ2v) is 10.4. The summed E-state index contributed by atoms with van der Waals surface area (Å²) in [6.45, 7) is -0.501. The number of aryl methyl sites for hydroxylation is 1. The van der Waals surface area contributed by atoms with Crippen LogP contribution in [0.2, 0.25) is 10.0 Å². The maximum Gasteiger partial charge on any atom is 0.341 e. The third-order valence-electron chi connectivity index (χ3n) is 4.39. The summed E-state index contributed by atoms with van der Waals surface area (Å²) in [5, 5.41) is 3.51. The number of methoxy groups -OCH3 is 1. The second kappa shape index (κ2) is 8.51. The van der Waals surface area contributed by atoms with Crippen molar-refractivity contribution in [3.63, 3.8) is 0 Å². The Bertz CT molecular complexity index is 1060. The maximum absolute atomic E-state index is 12.7. The number of carbonyl (C=O) groups is 2. The Morgan fingerprint density at radius 1 is 1.21 bits per heavy atom. The van der Waals surface area contributed by atoms with Crippen LogP contribution >= 0.6 is 34.5 Å². The molecule has 0 saturated carbocycles. The molecule has 2 aromatic rings. The lowest BCUT2D eigenvalue weighted by atomic mass is 10.1. The normalized spacial score (nSPS) is 13.1. The van der Waals surface area contributed by atoms with Crippen molar-refractivity contribution in [2.75, 3.05) is 29.5 Å². The van der Waals surface area contributed by atoms with Crippen molar-refractivity contribution in [2.45, 2.75) is 19.3 Å². The Morgan fingerprint density at radius 3 is 2.45 bits per heavy atom. The summed E-state index contributed by atoms with van der Waals surface area (Å²) < 4.78 is 30.3. The third kappa shape index (κ3) is 4.85. The number of anilines is 2. The topological polar surface area (TPSA) is 92.8 Å². The van der Waals surface area contributed by atoms with Crippen LogP contribution in [0.4, 0.5) is 10.7 Å². The number of sulfonamides is 1. The molecule has 0 unspecified atom stereocenters. The minimum atomic E-state index is -3.80. The highest BCUT2D eigenvalue weighted by Crippen LogP contribution is 2.39. The molecule has 1 N–H and O–H groups in total. The number of rotatable bonds is 6. The number of halogens is 2. The summed E-state index contributed by atoms with van der Waals surface area (Å²) >= 11 is 13.3. The molecule has 156 valence electrons. The molecule has 1 aliphatic carbocycles. The second-order valence-electron chi connectivity index (χ2n) is 6.50. The molecule has 0 saturated heterocycles. The number of thiophene rings is 1. The smallest absolute Gasteiger partial charge is 0.341 e. The summed E-state index contributed by atoms with van der Waals surface area (Å²) in [6.07, 6.45) is 3.49. The standard InChI is InChI=1S/C18H18Cl2N2O5S2/c1-27-18(24)16-13-4-3-5-14(13)28-17(16)21-15(23)9-22(29(2,25)26)12-7-10(19)6-11(20)8-12/h6-8H,3-5,9H2,1-2H3,(H,21,23). The fourth-order valence-electron chi connectivity index (χ4n) is 3.19. The summed E-state index contributed by atoms with van der Waals surface area (Å²) in [6, 6.07) is 4.27. The van der Waals surface area contributed by atoms with Crippen molar-refractivity contribution < 1.29 is 22.7 Å².